The van der Waals surface area contributed by atoms with E-state index in [-0.39, 0.29) is 11.9 Å². The number of unbranched alkanes of at least 4 members (excludes halogenated alkanes) is 1. The van der Waals surface area contributed by atoms with Gasteiger partial charge in [0.15, 0.2) is 0 Å². The van der Waals surface area contributed by atoms with E-state index in [2.05, 4.69) is 35.1 Å². The molecule has 0 unspecified atom stereocenters. The van der Waals surface area contributed by atoms with Gasteiger partial charge in [0, 0.05) is 11.2 Å². The molecule has 2 aromatic carbocycles. The number of hydrogen-bond acceptors (Lipinski definition) is 2. The van der Waals surface area contributed by atoms with E-state index >= 15 is 0 Å². The summed E-state index contributed by atoms with van der Waals surface area (Å²) in [5.74, 6) is 0.0657. The maximum atomic E-state index is 13.3. The Hall–Kier alpha value is -2.56. The summed E-state index contributed by atoms with van der Waals surface area (Å²) in [5, 5.41) is 3.98. The largest absolute Gasteiger partial charge is 0.316 e. The van der Waals surface area contributed by atoms with Crippen molar-refractivity contribution < 1.29 is 4.79 Å². The highest BCUT2D eigenvalue weighted by molar-refractivity contribution is 6.30. The van der Waals surface area contributed by atoms with Crippen LogP contribution in [0.1, 0.15) is 37.1 Å². The number of aromatic nitrogens is 1. The zero-order valence-electron chi connectivity index (χ0n) is 15.9. The zero-order chi connectivity index (χ0) is 19.5. The molecule has 0 radical (unpaired) electrons. The molecule has 0 saturated heterocycles. The topological polar surface area (TPSA) is 37.3 Å². The summed E-state index contributed by atoms with van der Waals surface area (Å²) < 4.78 is 2.17. The molecule has 0 spiro atoms. The second-order valence-electron chi connectivity index (χ2n) is 7.04. The number of nitrogens with zero attached hydrogens (tertiary/aromatic N) is 2. The standard InChI is InChI=1S/C23H24ClN3O/c1-2-3-14-25-16-22(28)27-20-8-5-4-7-19(20)26-15-6-9-21(26)23(27)17-10-12-18(24)13-11-17/h4-13,15,23,25H,2-3,14,16H2,1H3/t23-/m1/s1. The minimum absolute atomic E-state index is 0.0657. The highest BCUT2D eigenvalue weighted by atomic mass is 35.5. The Kier molecular flexibility index (Phi) is 5.51. The van der Waals surface area contributed by atoms with Crippen LogP contribution in [-0.2, 0) is 4.79 Å². The molecule has 4 rings (SSSR count). The number of carbonyl (C=O) groups is 1. The van der Waals surface area contributed by atoms with Gasteiger partial charge >= 0.3 is 0 Å². The molecular formula is C23H24ClN3O. The fraction of sp³-hybridized carbons (Fsp3) is 0.261. The predicted octanol–water partition coefficient (Wildman–Crippen LogP) is 4.96. The van der Waals surface area contributed by atoms with E-state index < -0.39 is 0 Å². The average Bonchev–Trinajstić information content (AvgIpc) is 3.21. The number of nitrogens with one attached hydrogen (secondary N) is 1. The van der Waals surface area contributed by atoms with E-state index in [9.17, 15) is 4.79 Å². The Morgan fingerprint density at radius 3 is 2.54 bits per heavy atom. The Morgan fingerprint density at radius 1 is 1.04 bits per heavy atom. The second-order valence-corrected chi connectivity index (χ2v) is 7.48. The smallest absolute Gasteiger partial charge is 0.241 e. The van der Waals surface area contributed by atoms with Gasteiger partial charge in [-0.15, -0.1) is 0 Å². The van der Waals surface area contributed by atoms with Crippen LogP contribution in [0.2, 0.25) is 5.02 Å². The molecule has 144 valence electrons. The fourth-order valence-electron chi connectivity index (χ4n) is 3.80. The van der Waals surface area contributed by atoms with Crippen molar-refractivity contribution in [3.05, 3.63) is 83.1 Å². The molecule has 2 heterocycles. The minimum atomic E-state index is -0.192. The van der Waals surface area contributed by atoms with Crippen LogP contribution in [0.25, 0.3) is 5.69 Å². The molecule has 0 saturated carbocycles. The lowest BCUT2D eigenvalue weighted by molar-refractivity contribution is -0.118. The van der Waals surface area contributed by atoms with Crippen molar-refractivity contribution in [3.63, 3.8) is 0 Å². The number of benzene rings is 2. The molecule has 0 fully saturated rings. The second kappa shape index (κ2) is 8.21. The van der Waals surface area contributed by atoms with E-state index in [0.717, 1.165) is 42.0 Å². The Morgan fingerprint density at radius 2 is 1.79 bits per heavy atom. The Balaban J connectivity index is 1.77. The Bertz CT molecular complexity index is 964. The monoisotopic (exact) mass is 393 g/mol. The van der Waals surface area contributed by atoms with E-state index in [0.29, 0.717) is 11.6 Å². The summed E-state index contributed by atoms with van der Waals surface area (Å²) in [6.45, 7) is 3.31. The van der Waals surface area contributed by atoms with Gasteiger partial charge in [-0.05, 0) is 54.9 Å². The van der Waals surface area contributed by atoms with Crippen molar-refractivity contribution in [2.24, 2.45) is 0 Å². The summed E-state index contributed by atoms with van der Waals surface area (Å²) >= 11 is 6.11. The summed E-state index contributed by atoms with van der Waals surface area (Å²) in [6.07, 6.45) is 4.22. The third-order valence-corrected chi connectivity index (χ3v) is 5.41. The van der Waals surface area contributed by atoms with E-state index in [1.807, 2.05) is 53.4 Å². The molecular weight excluding hydrogens is 370 g/mol. The molecule has 3 aromatic rings. The number of halogens is 1. The first-order valence-electron chi connectivity index (χ1n) is 9.75. The SMILES string of the molecule is CCCCNCC(=O)N1c2ccccc2-n2cccc2[C@H]1c1ccc(Cl)cc1. The molecule has 0 bridgehead atoms. The average molecular weight is 394 g/mol. The number of rotatable bonds is 6. The van der Waals surface area contributed by atoms with Crippen molar-refractivity contribution in [3.8, 4) is 5.69 Å². The van der Waals surface area contributed by atoms with E-state index in [1.165, 1.54) is 0 Å². The van der Waals surface area contributed by atoms with Gasteiger partial charge in [0.25, 0.3) is 0 Å². The summed E-state index contributed by atoms with van der Waals surface area (Å²) in [6, 6.07) is 19.8. The van der Waals surface area contributed by atoms with Gasteiger partial charge < -0.3 is 9.88 Å². The maximum Gasteiger partial charge on any atom is 0.241 e. The van der Waals surface area contributed by atoms with Crippen LogP contribution in [0.5, 0.6) is 0 Å². The van der Waals surface area contributed by atoms with Gasteiger partial charge in [0.05, 0.1) is 23.6 Å². The molecule has 1 aliphatic heterocycles. The fourth-order valence-corrected chi connectivity index (χ4v) is 3.93. The molecule has 4 nitrogen and oxygen atoms in total. The number of hydrogen-bond donors (Lipinski definition) is 1. The van der Waals surface area contributed by atoms with Crippen LogP contribution < -0.4 is 10.2 Å². The van der Waals surface area contributed by atoms with Crippen molar-refractivity contribution in [1.82, 2.24) is 9.88 Å². The number of para-hydroxylation sites is 2. The lowest BCUT2D eigenvalue weighted by atomic mass is 9.97. The summed E-state index contributed by atoms with van der Waals surface area (Å²) in [7, 11) is 0. The van der Waals surface area contributed by atoms with Gasteiger partial charge in [-0.3, -0.25) is 9.69 Å². The van der Waals surface area contributed by atoms with Gasteiger partial charge in [0.1, 0.15) is 6.04 Å². The van der Waals surface area contributed by atoms with Gasteiger partial charge in [-0.25, -0.2) is 0 Å². The van der Waals surface area contributed by atoms with Crippen molar-refractivity contribution >= 4 is 23.2 Å². The first-order chi connectivity index (χ1) is 13.7. The lowest BCUT2D eigenvalue weighted by Crippen LogP contribution is -2.44. The van der Waals surface area contributed by atoms with Crippen LogP contribution in [-0.4, -0.2) is 23.6 Å². The summed E-state index contributed by atoms with van der Waals surface area (Å²) in [4.78, 5) is 15.3. The first kappa shape index (κ1) is 18.8. The highest BCUT2D eigenvalue weighted by Gasteiger charge is 2.35. The maximum absolute atomic E-state index is 13.3. The van der Waals surface area contributed by atoms with Crippen molar-refractivity contribution in [1.29, 1.82) is 0 Å². The number of amides is 1. The van der Waals surface area contributed by atoms with E-state index in [1.54, 1.807) is 0 Å². The molecule has 1 N–H and O–H groups in total. The quantitative estimate of drug-likeness (QED) is 0.601. The molecule has 28 heavy (non-hydrogen) atoms. The van der Waals surface area contributed by atoms with Crippen LogP contribution in [0.3, 0.4) is 0 Å². The van der Waals surface area contributed by atoms with Crippen molar-refractivity contribution in [2.45, 2.75) is 25.8 Å². The third-order valence-electron chi connectivity index (χ3n) is 5.16. The summed E-state index contributed by atoms with van der Waals surface area (Å²) in [5.41, 5.74) is 4.06. The van der Waals surface area contributed by atoms with Gasteiger partial charge in [0.2, 0.25) is 5.91 Å². The Labute approximate surface area is 170 Å². The normalized spacial score (nSPS) is 15.2. The number of fused-ring (bicyclic) bond motifs is 3. The highest BCUT2D eigenvalue weighted by Crippen LogP contribution is 2.42. The number of anilines is 1. The predicted molar refractivity (Wildman–Crippen MR) is 114 cm³/mol. The van der Waals surface area contributed by atoms with E-state index in [4.69, 9.17) is 11.6 Å². The molecule has 1 amide bonds. The van der Waals surface area contributed by atoms with Crippen LogP contribution >= 0.6 is 11.6 Å². The zero-order valence-corrected chi connectivity index (χ0v) is 16.7. The molecule has 5 heteroatoms. The van der Waals surface area contributed by atoms with Gasteiger partial charge in [-0.1, -0.05) is 49.2 Å². The van der Waals surface area contributed by atoms with Crippen LogP contribution in [0.4, 0.5) is 5.69 Å². The molecule has 1 aromatic heterocycles. The molecule has 0 aliphatic carbocycles. The lowest BCUT2D eigenvalue weighted by Gasteiger charge is -2.38. The minimum Gasteiger partial charge on any atom is -0.316 e. The number of carbonyl (C=O) groups excluding carboxylic acids is 1. The van der Waals surface area contributed by atoms with Crippen LogP contribution in [0.15, 0.2) is 66.9 Å². The van der Waals surface area contributed by atoms with Crippen molar-refractivity contribution in [2.75, 3.05) is 18.0 Å². The van der Waals surface area contributed by atoms with Gasteiger partial charge in [-0.2, -0.15) is 0 Å². The molecule has 1 atom stereocenters. The first-order valence-corrected chi connectivity index (χ1v) is 10.1. The van der Waals surface area contributed by atoms with Crippen LogP contribution in [0, 0.1) is 0 Å². The third kappa shape index (κ3) is 3.46. The molecule has 1 aliphatic rings.